The Labute approximate surface area is 176 Å². The van der Waals surface area contributed by atoms with E-state index >= 15 is 0 Å². The highest BCUT2D eigenvalue weighted by Gasteiger charge is 2.28. The molecule has 1 fully saturated rings. The second-order valence-electron chi connectivity index (χ2n) is 7.74. The van der Waals surface area contributed by atoms with Gasteiger partial charge in [0.2, 0.25) is 11.8 Å². The molecular weight excluding hydrogens is 378 g/mol. The van der Waals surface area contributed by atoms with E-state index in [4.69, 9.17) is 4.74 Å². The van der Waals surface area contributed by atoms with Crippen LogP contribution >= 0.6 is 0 Å². The number of rotatable bonds is 6. The van der Waals surface area contributed by atoms with Crippen LogP contribution in [0.1, 0.15) is 24.0 Å². The summed E-state index contributed by atoms with van der Waals surface area (Å²) in [6.45, 7) is 1.60. The molecule has 0 bridgehead atoms. The number of H-pyrrole nitrogens is 1. The van der Waals surface area contributed by atoms with Crippen molar-refractivity contribution in [2.75, 3.05) is 20.2 Å². The van der Waals surface area contributed by atoms with Crippen molar-refractivity contribution in [3.05, 3.63) is 65.9 Å². The van der Waals surface area contributed by atoms with Gasteiger partial charge in [0.15, 0.2) is 0 Å². The van der Waals surface area contributed by atoms with E-state index in [9.17, 15) is 9.59 Å². The highest BCUT2D eigenvalue weighted by molar-refractivity contribution is 5.89. The zero-order valence-corrected chi connectivity index (χ0v) is 17.2. The van der Waals surface area contributed by atoms with Crippen molar-refractivity contribution >= 4 is 22.7 Å². The first-order chi connectivity index (χ1) is 14.7. The molecule has 1 aromatic heterocycles. The van der Waals surface area contributed by atoms with Crippen LogP contribution in [-0.2, 0) is 22.6 Å². The van der Waals surface area contributed by atoms with Crippen LogP contribution in [0.3, 0.4) is 0 Å². The summed E-state index contributed by atoms with van der Waals surface area (Å²) in [5.74, 6) is 0.643. The number of hydrogen-bond acceptors (Lipinski definition) is 3. The number of fused-ring (bicyclic) bond motifs is 1. The molecule has 6 nitrogen and oxygen atoms in total. The highest BCUT2D eigenvalue weighted by atomic mass is 16.5. The molecule has 0 aliphatic carbocycles. The van der Waals surface area contributed by atoms with Gasteiger partial charge in [-0.1, -0.05) is 36.4 Å². The predicted octanol–water partition coefficient (Wildman–Crippen LogP) is 3.27. The van der Waals surface area contributed by atoms with Crippen molar-refractivity contribution in [3.8, 4) is 5.75 Å². The molecule has 0 unspecified atom stereocenters. The lowest BCUT2D eigenvalue weighted by Crippen LogP contribution is -2.45. The number of piperidine rings is 1. The van der Waals surface area contributed by atoms with Gasteiger partial charge in [0.25, 0.3) is 0 Å². The minimum absolute atomic E-state index is 0.00880. The monoisotopic (exact) mass is 405 g/mol. The quantitative estimate of drug-likeness (QED) is 0.661. The summed E-state index contributed by atoms with van der Waals surface area (Å²) >= 11 is 0. The molecule has 30 heavy (non-hydrogen) atoms. The molecule has 1 aliphatic heterocycles. The van der Waals surface area contributed by atoms with Gasteiger partial charge in [0.1, 0.15) is 5.75 Å². The third kappa shape index (κ3) is 4.32. The van der Waals surface area contributed by atoms with Gasteiger partial charge in [0.05, 0.1) is 19.4 Å². The lowest BCUT2D eigenvalue weighted by Gasteiger charge is -2.32. The molecule has 2 N–H and O–H groups in total. The first-order valence-corrected chi connectivity index (χ1v) is 10.4. The second kappa shape index (κ2) is 9.03. The van der Waals surface area contributed by atoms with Crippen molar-refractivity contribution in [1.82, 2.24) is 15.2 Å². The van der Waals surface area contributed by atoms with Crippen LogP contribution in [-0.4, -0.2) is 41.9 Å². The van der Waals surface area contributed by atoms with Gasteiger partial charge in [-0.15, -0.1) is 0 Å². The number of likely N-dealkylation sites (tertiary alicyclic amines) is 1. The Morgan fingerprint density at radius 2 is 1.93 bits per heavy atom. The van der Waals surface area contributed by atoms with E-state index in [1.807, 2.05) is 59.6 Å². The molecule has 156 valence electrons. The number of carbonyl (C=O) groups is 2. The van der Waals surface area contributed by atoms with Crippen LogP contribution in [0.5, 0.6) is 5.75 Å². The summed E-state index contributed by atoms with van der Waals surface area (Å²) in [6.07, 6.45) is 3.89. The Morgan fingerprint density at radius 3 is 2.80 bits per heavy atom. The molecule has 2 aromatic carbocycles. The van der Waals surface area contributed by atoms with Gasteiger partial charge in [0, 0.05) is 42.3 Å². The van der Waals surface area contributed by atoms with E-state index in [-0.39, 0.29) is 17.7 Å². The maximum Gasteiger partial charge on any atom is 0.227 e. The number of ether oxygens (including phenoxy) is 1. The molecule has 2 heterocycles. The van der Waals surface area contributed by atoms with E-state index in [1.165, 1.54) is 0 Å². The Balaban J connectivity index is 1.35. The number of aromatic nitrogens is 1. The number of nitrogens with zero attached hydrogens (tertiary/aromatic N) is 1. The summed E-state index contributed by atoms with van der Waals surface area (Å²) in [4.78, 5) is 30.7. The minimum atomic E-state index is -0.180. The number of amides is 2. The lowest BCUT2D eigenvalue weighted by atomic mass is 9.96. The van der Waals surface area contributed by atoms with Crippen LogP contribution in [0.4, 0.5) is 0 Å². The summed E-state index contributed by atoms with van der Waals surface area (Å²) in [5.41, 5.74) is 2.97. The first-order valence-electron chi connectivity index (χ1n) is 10.4. The van der Waals surface area contributed by atoms with Gasteiger partial charge < -0.3 is 19.9 Å². The van der Waals surface area contributed by atoms with Crippen LogP contribution in [0, 0.1) is 5.92 Å². The Hall–Kier alpha value is -3.28. The number of para-hydroxylation sites is 2. The summed E-state index contributed by atoms with van der Waals surface area (Å²) in [6, 6.07) is 15.6. The van der Waals surface area contributed by atoms with Crippen molar-refractivity contribution in [2.24, 2.45) is 5.92 Å². The van der Waals surface area contributed by atoms with Crippen LogP contribution in [0.15, 0.2) is 54.7 Å². The molecule has 0 saturated carbocycles. The zero-order chi connectivity index (χ0) is 20.9. The molecule has 0 spiro atoms. The summed E-state index contributed by atoms with van der Waals surface area (Å²) in [7, 11) is 1.62. The van der Waals surface area contributed by atoms with Crippen molar-refractivity contribution in [3.63, 3.8) is 0 Å². The van der Waals surface area contributed by atoms with Crippen molar-refractivity contribution < 1.29 is 14.3 Å². The Kier molecular flexibility index (Phi) is 6.02. The molecule has 4 rings (SSSR count). The minimum Gasteiger partial charge on any atom is -0.496 e. The SMILES string of the molecule is COc1ccccc1CNC(=O)[C@H]1CCCN(C(=O)Cc2c[nH]c3ccccc23)C1. The van der Waals surface area contributed by atoms with E-state index in [0.29, 0.717) is 26.1 Å². The highest BCUT2D eigenvalue weighted by Crippen LogP contribution is 2.22. The third-order valence-corrected chi connectivity index (χ3v) is 5.81. The van der Waals surface area contributed by atoms with Gasteiger partial charge >= 0.3 is 0 Å². The smallest absolute Gasteiger partial charge is 0.227 e. The molecular formula is C24H27N3O3. The van der Waals surface area contributed by atoms with E-state index in [2.05, 4.69) is 10.3 Å². The lowest BCUT2D eigenvalue weighted by molar-refractivity contribution is -0.135. The number of benzene rings is 2. The van der Waals surface area contributed by atoms with Crippen molar-refractivity contribution in [1.29, 1.82) is 0 Å². The molecule has 6 heteroatoms. The summed E-state index contributed by atoms with van der Waals surface area (Å²) in [5, 5.41) is 4.09. The fourth-order valence-corrected chi connectivity index (χ4v) is 4.15. The topological polar surface area (TPSA) is 74.4 Å². The Morgan fingerprint density at radius 1 is 1.13 bits per heavy atom. The largest absolute Gasteiger partial charge is 0.496 e. The van der Waals surface area contributed by atoms with Crippen molar-refractivity contribution in [2.45, 2.75) is 25.8 Å². The number of hydrogen-bond donors (Lipinski definition) is 2. The molecule has 0 radical (unpaired) electrons. The number of carbonyl (C=O) groups excluding carboxylic acids is 2. The average Bonchev–Trinajstić information content (AvgIpc) is 3.20. The van der Waals surface area contributed by atoms with Crippen LogP contribution in [0.2, 0.25) is 0 Å². The van der Waals surface area contributed by atoms with Crippen LogP contribution < -0.4 is 10.1 Å². The summed E-state index contributed by atoms with van der Waals surface area (Å²) < 4.78 is 5.35. The van der Waals surface area contributed by atoms with E-state index < -0.39 is 0 Å². The van der Waals surface area contributed by atoms with Gasteiger partial charge in [-0.2, -0.15) is 0 Å². The Bertz CT molecular complexity index is 1040. The van der Waals surface area contributed by atoms with Gasteiger partial charge in [-0.05, 0) is 30.5 Å². The molecule has 1 saturated heterocycles. The maximum absolute atomic E-state index is 12.9. The predicted molar refractivity (Wildman–Crippen MR) is 116 cm³/mol. The number of methoxy groups -OCH3 is 1. The molecule has 2 amide bonds. The molecule has 1 aliphatic rings. The van der Waals surface area contributed by atoms with Gasteiger partial charge in [-0.25, -0.2) is 0 Å². The standard InChI is InChI=1S/C24H27N3O3/c1-30-22-11-5-2-7-17(22)14-26-24(29)18-8-6-12-27(16-18)23(28)13-19-15-25-21-10-4-3-9-20(19)21/h2-5,7,9-11,15,18,25H,6,8,12-14,16H2,1H3,(H,26,29)/t18-/m0/s1. The fourth-order valence-electron chi connectivity index (χ4n) is 4.15. The van der Waals surface area contributed by atoms with E-state index in [1.54, 1.807) is 7.11 Å². The zero-order valence-electron chi connectivity index (χ0n) is 17.2. The van der Waals surface area contributed by atoms with Gasteiger partial charge in [-0.3, -0.25) is 9.59 Å². The second-order valence-corrected chi connectivity index (χ2v) is 7.74. The normalized spacial score (nSPS) is 16.4. The van der Waals surface area contributed by atoms with E-state index in [0.717, 1.165) is 40.6 Å². The maximum atomic E-state index is 12.9. The average molecular weight is 405 g/mol. The first kappa shape index (κ1) is 20.0. The molecule has 3 aromatic rings. The number of nitrogens with one attached hydrogen (secondary N) is 2. The fraction of sp³-hybridized carbons (Fsp3) is 0.333. The third-order valence-electron chi connectivity index (χ3n) is 5.81. The molecule has 1 atom stereocenters. The van der Waals surface area contributed by atoms with Crippen LogP contribution in [0.25, 0.3) is 10.9 Å². The number of aromatic amines is 1.